The summed E-state index contributed by atoms with van der Waals surface area (Å²) < 4.78 is 6.80. The van der Waals surface area contributed by atoms with Crippen molar-refractivity contribution in [3.8, 4) is 22.3 Å². The lowest BCUT2D eigenvalue weighted by atomic mass is 9.67. The van der Waals surface area contributed by atoms with Crippen LogP contribution in [0.2, 0.25) is 0 Å². The number of benzene rings is 11. The fourth-order valence-electron chi connectivity index (χ4n) is 10.9. The lowest BCUT2D eigenvalue weighted by Gasteiger charge is -2.37. The van der Waals surface area contributed by atoms with Crippen LogP contribution in [-0.2, 0) is 5.41 Å². The first-order valence-electron chi connectivity index (χ1n) is 22.8. The second kappa shape index (κ2) is 14.8. The molecule has 0 amide bonds. The van der Waals surface area contributed by atoms with E-state index in [1.165, 1.54) is 60.1 Å². The summed E-state index contributed by atoms with van der Waals surface area (Å²) in [5.41, 5.74) is 15.7. The van der Waals surface area contributed by atoms with Crippen molar-refractivity contribution in [2.75, 3.05) is 9.80 Å². The lowest BCUT2D eigenvalue weighted by molar-refractivity contribution is 0.645. The smallest absolute Gasteiger partial charge is 0.137 e. The van der Waals surface area contributed by atoms with E-state index in [2.05, 4.69) is 254 Å². The van der Waals surface area contributed by atoms with Gasteiger partial charge in [0.15, 0.2) is 0 Å². The van der Waals surface area contributed by atoms with Crippen LogP contribution in [0.15, 0.2) is 235 Å². The first-order valence-corrected chi connectivity index (χ1v) is 22.8. The second-order valence-corrected chi connectivity index (χ2v) is 18.1. The maximum absolute atomic E-state index is 6.80. The van der Waals surface area contributed by atoms with Gasteiger partial charge in [0.05, 0.1) is 0 Å². The first kappa shape index (κ1) is 38.1. The molecule has 0 unspecified atom stereocenters. The van der Waals surface area contributed by atoms with E-state index in [0.717, 1.165) is 61.6 Å². The Morgan fingerprint density at radius 2 is 0.788 bits per heavy atom. The van der Waals surface area contributed by atoms with Gasteiger partial charge in [0.25, 0.3) is 0 Å². The van der Waals surface area contributed by atoms with Crippen molar-refractivity contribution in [3.05, 3.63) is 242 Å². The molecule has 0 saturated heterocycles. The van der Waals surface area contributed by atoms with Gasteiger partial charge in [-0.3, -0.25) is 0 Å². The third-order valence-corrected chi connectivity index (χ3v) is 14.0. The molecule has 66 heavy (non-hydrogen) atoms. The fraction of sp³-hybridized carbons (Fsp3) is 0.0476. The van der Waals surface area contributed by atoms with Crippen LogP contribution >= 0.6 is 0 Å². The Bertz CT molecular complexity index is 3760. The second-order valence-electron chi connectivity index (χ2n) is 18.1. The summed E-state index contributed by atoms with van der Waals surface area (Å²) in [6.07, 6.45) is 0. The summed E-state index contributed by atoms with van der Waals surface area (Å²) in [5.74, 6) is 0. The van der Waals surface area contributed by atoms with E-state index < -0.39 is 0 Å². The number of hydrogen-bond donors (Lipinski definition) is 0. The van der Waals surface area contributed by atoms with E-state index in [-0.39, 0.29) is 5.41 Å². The van der Waals surface area contributed by atoms with Gasteiger partial charge in [0.2, 0.25) is 0 Å². The molecule has 0 spiro atoms. The van der Waals surface area contributed by atoms with Gasteiger partial charge >= 0.3 is 0 Å². The maximum Gasteiger partial charge on any atom is 0.137 e. The largest absolute Gasteiger partial charge is 0.456 e. The summed E-state index contributed by atoms with van der Waals surface area (Å²) in [7, 11) is 0. The molecule has 11 aromatic carbocycles. The van der Waals surface area contributed by atoms with Crippen molar-refractivity contribution in [2.24, 2.45) is 0 Å². The van der Waals surface area contributed by atoms with Crippen molar-refractivity contribution in [1.82, 2.24) is 0 Å². The predicted molar refractivity (Wildman–Crippen MR) is 279 cm³/mol. The third-order valence-electron chi connectivity index (χ3n) is 14.0. The Hall–Kier alpha value is -8.40. The number of furan rings is 1. The van der Waals surface area contributed by atoms with Gasteiger partial charge < -0.3 is 14.2 Å². The molecule has 0 radical (unpaired) electrons. The summed E-state index contributed by atoms with van der Waals surface area (Å²) >= 11 is 0. The normalized spacial score (nSPS) is 12.8. The van der Waals surface area contributed by atoms with Crippen LogP contribution in [0.3, 0.4) is 0 Å². The van der Waals surface area contributed by atoms with Gasteiger partial charge in [-0.25, -0.2) is 0 Å². The minimum absolute atomic E-state index is 0.254. The quantitative estimate of drug-likeness (QED) is 0.149. The number of para-hydroxylation sites is 4. The number of hydrogen-bond acceptors (Lipinski definition) is 3. The zero-order chi connectivity index (χ0) is 43.9. The van der Waals surface area contributed by atoms with Crippen LogP contribution < -0.4 is 9.80 Å². The molecule has 0 N–H and O–H groups in total. The Morgan fingerprint density at radius 3 is 1.41 bits per heavy atom. The van der Waals surface area contributed by atoms with E-state index in [1.807, 2.05) is 0 Å². The molecule has 12 aromatic rings. The summed E-state index contributed by atoms with van der Waals surface area (Å²) in [6.45, 7) is 4.79. The minimum Gasteiger partial charge on any atom is -0.456 e. The molecule has 0 saturated carbocycles. The summed E-state index contributed by atoms with van der Waals surface area (Å²) in [6, 6.07) is 83.6. The predicted octanol–water partition coefficient (Wildman–Crippen LogP) is 18.0. The van der Waals surface area contributed by atoms with Crippen LogP contribution in [0.4, 0.5) is 34.1 Å². The number of anilines is 6. The highest BCUT2D eigenvalue weighted by atomic mass is 16.3. The molecule has 1 aliphatic rings. The van der Waals surface area contributed by atoms with Crippen LogP contribution in [-0.4, -0.2) is 0 Å². The fourth-order valence-corrected chi connectivity index (χ4v) is 10.9. The molecule has 0 atom stereocenters. The molecule has 13 rings (SSSR count). The molecule has 1 heterocycles. The molecular weight excluding hydrogens is 801 g/mol. The number of nitrogens with zero attached hydrogens (tertiary/aromatic N) is 2. The summed E-state index contributed by atoms with van der Waals surface area (Å²) in [5, 5.41) is 9.82. The monoisotopic (exact) mass is 844 g/mol. The van der Waals surface area contributed by atoms with Gasteiger partial charge in [-0.2, -0.15) is 0 Å². The zero-order valence-electron chi connectivity index (χ0n) is 36.7. The van der Waals surface area contributed by atoms with Gasteiger partial charge in [-0.15, -0.1) is 0 Å². The van der Waals surface area contributed by atoms with E-state index in [9.17, 15) is 0 Å². The highest BCUT2D eigenvalue weighted by molar-refractivity contribution is 6.25. The Labute approximate surface area is 384 Å². The number of rotatable bonds is 7. The first-order chi connectivity index (χ1) is 32.5. The molecular formula is C63H44N2O. The van der Waals surface area contributed by atoms with Gasteiger partial charge in [0.1, 0.15) is 11.2 Å². The van der Waals surface area contributed by atoms with E-state index in [4.69, 9.17) is 4.42 Å². The highest BCUT2D eigenvalue weighted by Gasteiger charge is 2.35. The van der Waals surface area contributed by atoms with Crippen molar-refractivity contribution in [2.45, 2.75) is 19.3 Å². The topological polar surface area (TPSA) is 19.6 Å². The van der Waals surface area contributed by atoms with Crippen molar-refractivity contribution in [3.63, 3.8) is 0 Å². The van der Waals surface area contributed by atoms with E-state index in [0.29, 0.717) is 0 Å². The molecule has 1 aromatic heterocycles. The average Bonchev–Trinajstić information content (AvgIpc) is 3.74. The van der Waals surface area contributed by atoms with Gasteiger partial charge in [-0.05, 0) is 163 Å². The highest BCUT2D eigenvalue weighted by Crippen LogP contribution is 2.53. The van der Waals surface area contributed by atoms with Crippen molar-refractivity contribution < 1.29 is 4.42 Å². The average molecular weight is 845 g/mol. The van der Waals surface area contributed by atoms with Crippen LogP contribution in [0, 0.1) is 0 Å². The van der Waals surface area contributed by atoms with Gasteiger partial charge in [-0.1, -0.05) is 141 Å². The molecule has 3 nitrogen and oxygen atoms in total. The lowest BCUT2D eigenvalue weighted by Crippen LogP contribution is -2.24. The van der Waals surface area contributed by atoms with Crippen LogP contribution in [0.25, 0.3) is 76.5 Å². The van der Waals surface area contributed by atoms with Gasteiger partial charge in [0, 0.05) is 56.4 Å². The Balaban J connectivity index is 0.966. The summed E-state index contributed by atoms with van der Waals surface area (Å²) in [4.78, 5) is 4.65. The van der Waals surface area contributed by atoms with Crippen LogP contribution in [0.1, 0.15) is 25.0 Å². The third kappa shape index (κ3) is 5.90. The molecule has 0 fully saturated rings. The SMILES string of the molecule is CC1(C)c2cc(N(c3ccccc3)c3ccccc3)ccc2-c2cc3c4ccccc4c(-c4ccc5c(c4)oc4cc(N(c6ccccc6)c6ccccc6)ccc45)cc3c3cccc1c23. The molecule has 3 heteroatoms. The Morgan fingerprint density at radius 1 is 0.303 bits per heavy atom. The standard InChI is InChI=1S/C63H44N2O/c1-63(2)58-29-17-28-53-56-39-54(41-30-33-51-52-35-32-47(38-61(52)66-60(51)36-41)65(44-22-11-5-12-23-44)45-24-13-6-14-25-45)48-26-15-16-27-49(48)55(56)40-57(62(53)58)50-34-31-46(37-59(50)63)64(42-18-7-3-8-19-42)43-20-9-4-10-21-43/h3-40H,1-2H3. The Kier molecular flexibility index (Phi) is 8.56. The molecule has 1 aliphatic carbocycles. The number of fused-ring (bicyclic) bond motifs is 9. The molecule has 0 bridgehead atoms. The molecule has 312 valence electrons. The van der Waals surface area contributed by atoms with E-state index in [1.54, 1.807) is 0 Å². The van der Waals surface area contributed by atoms with Crippen molar-refractivity contribution in [1.29, 1.82) is 0 Å². The van der Waals surface area contributed by atoms with Crippen molar-refractivity contribution >= 4 is 88.4 Å². The maximum atomic E-state index is 6.80. The van der Waals surface area contributed by atoms with Crippen LogP contribution in [0.5, 0.6) is 0 Å². The molecule has 0 aliphatic heterocycles. The van der Waals surface area contributed by atoms with E-state index >= 15 is 0 Å². The minimum atomic E-state index is -0.254. The zero-order valence-corrected chi connectivity index (χ0v) is 36.7.